The molecule has 3 N–H and O–H groups in total. The van der Waals surface area contributed by atoms with Crippen molar-refractivity contribution in [3.63, 3.8) is 0 Å². The molecule has 28 heavy (non-hydrogen) atoms. The maximum atomic E-state index is 12.5. The molecule has 152 valence electrons. The molecule has 1 heterocycles. The highest BCUT2D eigenvalue weighted by atomic mass is 16.5. The number of rotatable bonds is 9. The van der Waals surface area contributed by atoms with Gasteiger partial charge in [-0.05, 0) is 30.4 Å². The molecule has 1 unspecified atom stereocenters. The van der Waals surface area contributed by atoms with E-state index in [-0.39, 0.29) is 19.1 Å². The Balaban J connectivity index is 1.56. The fourth-order valence-electron chi connectivity index (χ4n) is 4.07. The summed E-state index contributed by atoms with van der Waals surface area (Å²) in [5.41, 5.74) is 2.15. The number of esters is 1. The number of para-hydroxylation sites is 1. The van der Waals surface area contributed by atoms with Gasteiger partial charge < -0.3 is 20.1 Å². The summed E-state index contributed by atoms with van der Waals surface area (Å²) in [7, 11) is 0. The van der Waals surface area contributed by atoms with E-state index in [1.54, 1.807) is 0 Å². The van der Waals surface area contributed by atoms with Crippen molar-refractivity contribution in [1.82, 2.24) is 10.3 Å². The molecule has 6 nitrogen and oxygen atoms in total. The Morgan fingerprint density at radius 3 is 2.79 bits per heavy atom. The van der Waals surface area contributed by atoms with Crippen LogP contribution >= 0.6 is 0 Å². The molecule has 0 aliphatic heterocycles. The maximum Gasteiger partial charge on any atom is 0.328 e. The number of aliphatic hydroxyl groups excluding tert-OH is 1. The molecular weight excluding hydrogens is 356 g/mol. The molecule has 1 atom stereocenters. The summed E-state index contributed by atoms with van der Waals surface area (Å²) in [6.07, 6.45) is 9.26. The van der Waals surface area contributed by atoms with Crippen LogP contribution < -0.4 is 5.32 Å². The topological polar surface area (TPSA) is 91.4 Å². The van der Waals surface area contributed by atoms with Crippen LogP contribution in [0.15, 0.2) is 30.5 Å². The third-order valence-electron chi connectivity index (χ3n) is 5.55. The molecule has 2 aromatic rings. The number of aromatic amines is 1. The lowest BCUT2D eigenvalue weighted by atomic mass is 9.85. The molecule has 1 aromatic heterocycles. The Hall–Kier alpha value is -2.34. The fourth-order valence-corrected chi connectivity index (χ4v) is 4.07. The SMILES string of the molecule is O=C(CCc1c[nH]c2ccccc12)NC(CC1CCCCC1)C(=O)OCCO. The molecule has 1 aromatic carbocycles. The van der Waals surface area contributed by atoms with Gasteiger partial charge in [-0.25, -0.2) is 4.79 Å². The quantitative estimate of drug-likeness (QED) is 0.578. The average Bonchev–Trinajstić information content (AvgIpc) is 3.14. The number of hydrogen-bond acceptors (Lipinski definition) is 4. The molecule has 6 heteroatoms. The lowest BCUT2D eigenvalue weighted by Crippen LogP contribution is -2.43. The number of carbonyl (C=O) groups excluding carboxylic acids is 2. The Labute approximate surface area is 165 Å². The minimum Gasteiger partial charge on any atom is -0.462 e. The van der Waals surface area contributed by atoms with E-state index in [1.165, 1.54) is 19.3 Å². The van der Waals surface area contributed by atoms with E-state index in [9.17, 15) is 9.59 Å². The summed E-state index contributed by atoms with van der Waals surface area (Å²) < 4.78 is 5.10. The van der Waals surface area contributed by atoms with Gasteiger partial charge in [0, 0.05) is 23.5 Å². The molecule has 1 aliphatic rings. The largest absolute Gasteiger partial charge is 0.462 e. The Kier molecular flexibility index (Phi) is 7.48. The van der Waals surface area contributed by atoms with E-state index in [2.05, 4.69) is 10.3 Å². The summed E-state index contributed by atoms with van der Waals surface area (Å²) in [6.45, 7) is -0.248. The van der Waals surface area contributed by atoms with Crippen LogP contribution in [0.25, 0.3) is 10.9 Å². The Morgan fingerprint density at radius 2 is 2.00 bits per heavy atom. The van der Waals surface area contributed by atoms with Crippen LogP contribution in [-0.2, 0) is 20.7 Å². The van der Waals surface area contributed by atoms with E-state index in [0.29, 0.717) is 25.2 Å². The van der Waals surface area contributed by atoms with E-state index in [0.717, 1.165) is 29.3 Å². The number of ether oxygens (including phenoxy) is 1. The Morgan fingerprint density at radius 1 is 1.21 bits per heavy atom. The first-order valence-electron chi connectivity index (χ1n) is 10.3. The van der Waals surface area contributed by atoms with Crippen molar-refractivity contribution >= 4 is 22.8 Å². The zero-order chi connectivity index (χ0) is 19.8. The van der Waals surface area contributed by atoms with Gasteiger partial charge in [0.25, 0.3) is 0 Å². The van der Waals surface area contributed by atoms with E-state index < -0.39 is 12.0 Å². The fraction of sp³-hybridized carbons (Fsp3) is 0.545. The number of amides is 1. The van der Waals surface area contributed by atoms with Gasteiger partial charge in [0.05, 0.1) is 6.61 Å². The lowest BCUT2D eigenvalue weighted by molar-refractivity contribution is -0.149. The second-order valence-electron chi connectivity index (χ2n) is 7.61. The van der Waals surface area contributed by atoms with Crippen molar-refractivity contribution < 1.29 is 19.4 Å². The first-order valence-corrected chi connectivity index (χ1v) is 10.3. The number of benzene rings is 1. The van der Waals surface area contributed by atoms with E-state index in [4.69, 9.17) is 9.84 Å². The number of aryl methyl sites for hydroxylation is 1. The van der Waals surface area contributed by atoms with Crippen LogP contribution in [0.1, 0.15) is 50.5 Å². The summed E-state index contributed by atoms with van der Waals surface area (Å²) in [4.78, 5) is 28.1. The number of fused-ring (bicyclic) bond motifs is 1. The highest BCUT2D eigenvalue weighted by molar-refractivity contribution is 5.86. The smallest absolute Gasteiger partial charge is 0.328 e. The zero-order valence-corrected chi connectivity index (χ0v) is 16.3. The van der Waals surface area contributed by atoms with Gasteiger partial charge in [-0.15, -0.1) is 0 Å². The molecular formula is C22H30N2O4. The van der Waals surface area contributed by atoms with Crippen molar-refractivity contribution in [2.24, 2.45) is 5.92 Å². The van der Waals surface area contributed by atoms with Crippen molar-refractivity contribution in [2.75, 3.05) is 13.2 Å². The summed E-state index contributed by atoms with van der Waals surface area (Å²) in [5.74, 6) is -0.151. The molecule has 0 radical (unpaired) electrons. The first kappa shape index (κ1) is 20.4. The third kappa shape index (κ3) is 5.58. The van der Waals surface area contributed by atoms with E-state index >= 15 is 0 Å². The maximum absolute atomic E-state index is 12.5. The number of H-pyrrole nitrogens is 1. The molecule has 0 bridgehead atoms. The van der Waals surface area contributed by atoms with Crippen LogP contribution in [0.2, 0.25) is 0 Å². The van der Waals surface area contributed by atoms with Crippen LogP contribution in [-0.4, -0.2) is 41.2 Å². The van der Waals surface area contributed by atoms with Crippen LogP contribution in [0, 0.1) is 5.92 Å². The standard InChI is InChI=1S/C22H30N2O4/c25-12-13-28-22(27)20(14-16-6-2-1-3-7-16)24-21(26)11-10-17-15-23-19-9-5-4-8-18(17)19/h4-5,8-9,15-16,20,23,25H,1-3,6-7,10-14H2,(H,24,26). The van der Waals surface area contributed by atoms with Gasteiger partial charge in [0.15, 0.2) is 0 Å². The second-order valence-corrected chi connectivity index (χ2v) is 7.61. The molecule has 1 aliphatic carbocycles. The number of nitrogens with one attached hydrogen (secondary N) is 2. The molecule has 0 spiro atoms. The van der Waals surface area contributed by atoms with Gasteiger partial charge in [-0.2, -0.15) is 0 Å². The average molecular weight is 386 g/mol. The minimum atomic E-state index is -0.634. The van der Waals surface area contributed by atoms with Gasteiger partial charge in [-0.3, -0.25) is 4.79 Å². The minimum absolute atomic E-state index is 0.0365. The van der Waals surface area contributed by atoms with Crippen LogP contribution in [0.5, 0.6) is 0 Å². The number of aromatic nitrogens is 1. The van der Waals surface area contributed by atoms with Gasteiger partial charge in [0.1, 0.15) is 12.6 Å². The van der Waals surface area contributed by atoms with Gasteiger partial charge in [-0.1, -0.05) is 50.3 Å². The van der Waals surface area contributed by atoms with Crippen molar-refractivity contribution in [2.45, 2.75) is 57.4 Å². The molecule has 1 fully saturated rings. The predicted octanol–water partition coefficient (Wildman–Crippen LogP) is 3.09. The zero-order valence-electron chi connectivity index (χ0n) is 16.3. The monoisotopic (exact) mass is 386 g/mol. The summed E-state index contributed by atoms with van der Waals surface area (Å²) in [6, 6.07) is 7.37. The van der Waals surface area contributed by atoms with Gasteiger partial charge in [0.2, 0.25) is 5.91 Å². The Bertz CT molecular complexity index is 780. The number of aliphatic hydroxyl groups is 1. The lowest BCUT2D eigenvalue weighted by Gasteiger charge is -2.26. The van der Waals surface area contributed by atoms with Crippen molar-refractivity contribution in [1.29, 1.82) is 0 Å². The normalized spacial score (nSPS) is 16.0. The van der Waals surface area contributed by atoms with Crippen LogP contribution in [0.3, 0.4) is 0 Å². The van der Waals surface area contributed by atoms with Gasteiger partial charge >= 0.3 is 5.97 Å². The van der Waals surface area contributed by atoms with E-state index in [1.807, 2.05) is 30.5 Å². The molecule has 0 saturated heterocycles. The highest BCUT2D eigenvalue weighted by Gasteiger charge is 2.27. The van der Waals surface area contributed by atoms with Crippen molar-refractivity contribution in [3.05, 3.63) is 36.0 Å². The first-order chi connectivity index (χ1) is 13.7. The third-order valence-corrected chi connectivity index (χ3v) is 5.55. The van der Waals surface area contributed by atoms with Crippen molar-refractivity contribution in [3.8, 4) is 0 Å². The molecule has 1 saturated carbocycles. The summed E-state index contributed by atoms with van der Waals surface area (Å²) >= 11 is 0. The second kappa shape index (κ2) is 10.3. The summed E-state index contributed by atoms with van der Waals surface area (Å²) in [5, 5.41) is 12.9. The van der Waals surface area contributed by atoms with Crippen LogP contribution in [0.4, 0.5) is 0 Å². The number of carbonyl (C=O) groups is 2. The molecule has 3 rings (SSSR count). The number of hydrogen-bond donors (Lipinski definition) is 3. The highest BCUT2D eigenvalue weighted by Crippen LogP contribution is 2.27. The predicted molar refractivity (Wildman–Crippen MR) is 108 cm³/mol. The molecule has 1 amide bonds.